The van der Waals surface area contributed by atoms with Crippen LogP contribution in [0.25, 0.3) is 0 Å². The number of rotatable bonds is 11. The topological polar surface area (TPSA) is 97.5 Å². The van der Waals surface area contributed by atoms with Gasteiger partial charge in [0.1, 0.15) is 0 Å². The molecule has 0 unspecified atom stereocenters. The van der Waals surface area contributed by atoms with E-state index in [1.807, 2.05) is 53.2 Å². The molecule has 12 heteroatoms. The van der Waals surface area contributed by atoms with Gasteiger partial charge in [0, 0.05) is 99.1 Å². The molecule has 1 atom stereocenters. The third-order valence-electron chi connectivity index (χ3n) is 9.62. The number of nitrogens with zero attached hydrogens (tertiary/aromatic N) is 4. The van der Waals surface area contributed by atoms with E-state index in [0.717, 1.165) is 72.0 Å². The summed E-state index contributed by atoms with van der Waals surface area (Å²) in [6, 6.07) is 14.5. The van der Waals surface area contributed by atoms with Gasteiger partial charge in [-0.1, -0.05) is 24.3 Å². The van der Waals surface area contributed by atoms with Gasteiger partial charge < -0.3 is 30.1 Å². The van der Waals surface area contributed by atoms with Crippen LogP contribution in [0.2, 0.25) is 0 Å². The summed E-state index contributed by atoms with van der Waals surface area (Å²) in [6.45, 7) is 7.00. The van der Waals surface area contributed by atoms with E-state index in [1.54, 1.807) is 4.90 Å². The van der Waals surface area contributed by atoms with Crippen LogP contribution in [0.4, 0.5) is 10.5 Å². The highest BCUT2D eigenvalue weighted by Gasteiger charge is 2.35. The summed E-state index contributed by atoms with van der Waals surface area (Å²) in [7, 11) is 1.90. The van der Waals surface area contributed by atoms with Gasteiger partial charge in [-0.05, 0) is 93.3 Å². The molecular weight excluding hydrogens is 716 g/mol. The first-order chi connectivity index (χ1) is 22.4. The SMILES string of the molecule is CNc1ccccc1CCN(C=O)C1CCN(C(=O)O[C@H](Cc2ccc(Br)c(Br)c2)C(=O)N2CCC(N3CCNCC3)CC2)CC1. The highest BCUT2D eigenvalue weighted by atomic mass is 79.9. The van der Waals surface area contributed by atoms with Crippen molar-refractivity contribution in [2.24, 2.45) is 0 Å². The molecule has 3 amide bonds. The molecule has 5 rings (SSSR count). The summed E-state index contributed by atoms with van der Waals surface area (Å²) in [5.74, 6) is -0.130. The summed E-state index contributed by atoms with van der Waals surface area (Å²) >= 11 is 7.08. The van der Waals surface area contributed by atoms with Crippen LogP contribution in [-0.4, -0.2) is 122 Å². The Bertz CT molecular complexity index is 1330. The van der Waals surface area contributed by atoms with Crippen molar-refractivity contribution in [1.82, 2.24) is 24.9 Å². The van der Waals surface area contributed by atoms with Crippen molar-refractivity contribution in [1.29, 1.82) is 0 Å². The van der Waals surface area contributed by atoms with Gasteiger partial charge >= 0.3 is 6.09 Å². The zero-order valence-electron chi connectivity index (χ0n) is 26.6. The van der Waals surface area contributed by atoms with Crippen LogP contribution >= 0.6 is 31.9 Å². The highest BCUT2D eigenvalue weighted by Crippen LogP contribution is 2.26. The molecule has 250 valence electrons. The van der Waals surface area contributed by atoms with Gasteiger partial charge in [-0.3, -0.25) is 14.5 Å². The second-order valence-electron chi connectivity index (χ2n) is 12.4. The zero-order chi connectivity index (χ0) is 32.5. The van der Waals surface area contributed by atoms with Crippen LogP contribution in [0.5, 0.6) is 0 Å². The zero-order valence-corrected chi connectivity index (χ0v) is 29.8. The minimum Gasteiger partial charge on any atom is -0.436 e. The third-order valence-corrected chi connectivity index (χ3v) is 11.5. The first kappa shape index (κ1) is 34.7. The van der Waals surface area contributed by atoms with Gasteiger partial charge in [-0.2, -0.15) is 0 Å². The van der Waals surface area contributed by atoms with E-state index < -0.39 is 12.2 Å². The molecule has 3 fully saturated rings. The number of likely N-dealkylation sites (tertiary alicyclic amines) is 2. The lowest BCUT2D eigenvalue weighted by Gasteiger charge is -2.41. The number of halogens is 2. The van der Waals surface area contributed by atoms with Crippen molar-refractivity contribution in [3.05, 3.63) is 62.5 Å². The summed E-state index contributed by atoms with van der Waals surface area (Å²) in [6.07, 6.45) is 3.79. The number of benzene rings is 2. The fourth-order valence-electron chi connectivity index (χ4n) is 6.89. The van der Waals surface area contributed by atoms with Crippen molar-refractivity contribution in [3.63, 3.8) is 0 Å². The number of anilines is 1. The van der Waals surface area contributed by atoms with E-state index in [9.17, 15) is 14.4 Å². The number of amides is 3. The molecule has 3 aliphatic heterocycles. The largest absolute Gasteiger partial charge is 0.436 e. The van der Waals surface area contributed by atoms with Crippen LogP contribution in [-0.2, 0) is 27.2 Å². The van der Waals surface area contributed by atoms with Gasteiger partial charge in [0.05, 0.1) is 0 Å². The number of carbonyl (C=O) groups excluding carboxylic acids is 3. The van der Waals surface area contributed by atoms with Crippen LogP contribution < -0.4 is 10.6 Å². The lowest BCUT2D eigenvalue weighted by Crippen LogP contribution is -2.54. The Labute approximate surface area is 289 Å². The van der Waals surface area contributed by atoms with Crippen molar-refractivity contribution in [2.75, 3.05) is 71.3 Å². The average molecular weight is 763 g/mol. The molecule has 3 heterocycles. The quantitative estimate of drug-likeness (QED) is 0.329. The van der Waals surface area contributed by atoms with Gasteiger partial charge in [0.15, 0.2) is 6.10 Å². The maximum absolute atomic E-state index is 13.9. The smallest absolute Gasteiger partial charge is 0.410 e. The maximum Gasteiger partial charge on any atom is 0.410 e. The molecule has 2 N–H and O–H groups in total. The van der Waals surface area contributed by atoms with Crippen molar-refractivity contribution in [3.8, 4) is 0 Å². The molecule has 0 aliphatic carbocycles. The molecular formula is C34H46Br2N6O4. The molecule has 0 spiro atoms. The van der Waals surface area contributed by atoms with Crippen LogP contribution in [0.3, 0.4) is 0 Å². The minimum atomic E-state index is -0.909. The number of ether oxygens (including phenoxy) is 1. The second kappa shape index (κ2) is 16.9. The first-order valence-electron chi connectivity index (χ1n) is 16.5. The van der Waals surface area contributed by atoms with E-state index in [-0.39, 0.29) is 11.9 Å². The lowest BCUT2D eigenvalue weighted by atomic mass is 10.0. The van der Waals surface area contributed by atoms with Gasteiger partial charge in [0.25, 0.3) is 5.91 Å². The maximum atomic E-state index is 13.9. The summed E-state index contributed by atoms with van der Waals surface area (Å²) in [5.41, 5.74) is 3.14. The molecule has 2 aromatic carbocycles. The summed E-state index contributed by atoms with van der Waals surface area (Å²) in [5, 5.41) is 6.63. The van der Waals surface area contributed by atoms with Gasteiger partial charge in [-0.25, -0.2) is 4.79 Å². The van der Waals surface area contributed by atoms with Crippen molar-refractivity contribution in [2.45, 2.75) is 56.7 Å². The normalized spacial score (nSPS) is 19.0. The molecule has 3 aliphatic rings. The van der Waals surface area contributed by atoms with Crippen LogP contribution in [0, 0.1) is 0 Å². The van der Waals surface area contributed by atoms with Crippen molar-refractivity contribution < 1.29 is 19.1 Å². The van der Waals surface area contributed by atoms with E-state index in [2.05, 4.69) is 53.5 Å². The molecule has 3 saturated heterocycles. The molecule has 0 bridgehead atoms. The number of hydrogen-bond donors (Lipinski definition) is 2. The van der Waals surface area contributed by atoms with Crippen LogP contribution in [0.1, 0.15) is 36.8 Å². The van der Waals surface area contributed by atoms with E-state index >= 15 is 0 Å². The van der Waals surface area contributed by atoms with Crippen molar-refractivity contribution >= 4 is 56.0 Å². The second-order valence-corrected chi connectivity index (χ2v) is 14.1. The minimum absolute atomic E-state index is 0.0535. The molecule has 0 radical (unpaired) electrons. The predicted octanol–water partition coefficient (Wildman–Crippen LogP) is 4.36. The van der Waals surface area contributed by atoms with E-state index in [0.29, 0.717) is 58.0 Å². The Morgan fingerprint density at radius 3 is 2.35 bits per heavy atom. The Balaban J connectivity index is 1.18. The summed E-state index contributed by atoms with van der Waals surface area (Å²) < 4.78 is 7.84. The Morgan fingerprint density at radius 2 is 1.67 bits per heavy atom. The van der Waals surface area contributed by atoms with E-state index in [1.165, 1.54) is 5.56 Å². The monoisotopic (exact) mass is 760 g/mol. The molecule has 2 aromatic rings. The molecule has 46 heavy (non-hydrogen) atoms. The standard InChI is InChI=1S/C34H46Br2N6O4/c1-37-31-5-3-2-4-26(31)8-15-42(24-43)28-11-18-41(19-12-28)34(45)46-32(23-25-6-7-29(35)30(36)22-25)33(44)40-16-9-27(10-17-40)39-20-13-38-14-21-39/h2-7,22,24,27-28,32,37-38H,8-21,23H2,1H3/t32-/m1/s1. The fraction of sp³-hybridized carbons (Fsp3) is 0.559. The molecule has 10 nitrogen and oxygen atoms in total. The Hall–Kier alpha value is -2.67. The fourth-order valence-corrected chi connectivity index (χ4v) is 7.56. The Morgan fingerprint density at radius 1 is 0.978 bits per heavy atom. The number of piperazine rings is 1. The summed E-state index contributed by atoms with van der Waals surface area (Å²) in [4.78, 5) is 47.4. The van der Waals surface area contributed by atoms with E-state index in [4.69, 9.17) is 4.74 Å². The predicted molar refractivity (Wildman–Crippen MR) is 187 cm³/mol. The average Bonchev–Trinajstić information content (AvgIpc) is 3.10. The van der Waals surface area contributed by atoms with Crippen LogP contribution in [0.15, 0.2) is 51.4 Å². The van der Waals surface area contributed by atoms with Gasteiger partial charge in [0.2, 0.25) is 6.41 Å². The number of hydrogen-bond acceptors (Lipinski definition) is 7. The molecule has 0 aromatic heterocycles. The Kier molecular flexibility index (Phi) is 12.8. The number of carbonyl (C=O) groups is 3. The number of piperidine rings is 2. The van der Waals surface area contributed by atoms with Gasteiger partial charge in [-0.15, -0.1) is 0 Å². The molecule has 0 saturated carbocycles. The third kappa shape index (κ3) is 9.02. The lowest BCUT2D eigenvalue weighted by molar-refractivity contribution is -0.142. The number of nitrogens with one attached hydrogen (secondary N) is 2. The highest BCUT2D eigenvalue weighted by molar-refractivity contribution is 9.13. The first-order valence-corrected chi connectivity index (χ1v) is 18.0. The number of para-hydroxylation sites is 1.